The van der Waals surface area contributed by atoms with Gasteiger partial charge in [-0.15, -0.1) is 0 Å². The molecule has 2 nitrogen and oxygen atoms in total. The Morgan fingerprint density at radius 1 is 1.32 bits per heavy atom. The fourth-order valence-corrected chi connectivity index (χ4v) is 2.34. The highest BCUT2D eigenvalue weighted by atomic mass is 127. The van der Waals surface area contributed by atoms with Gasteiger partial charge < -0.3 is 5.32 Å². The van der Waals surface area contributed by atoms with Gasteiger partial charge in [-0.2, -0.15) is 0 Å². The van der Waals surface area contributed by atoms with Gasteiger partial charge in [0.2, 0.25) is 0 Å². The largest absolute Gasteiger partial charge is 0.322 e. The van der Waals surface area contributed by atoms with Crippen molar-refractivity contribution in [3.63, 3.8) is 0 Å². The van der Waals surface area contributed by atoms with E-state index in [2.05, 4.69) is 27.9 Å². The molecule has 0 aromatic heterocycles. The van der Waals surface area contributed by atoms with Gasteiger partial charge in [-0.1, -0.05) is 23.7 Å². The summed E-state index contributed by atoms with van der Waals surface area (Å²) >= 11 is 8.02. The van der Waals surface area contributed by atoms with Crippen molar-refractivity contribution in [2.45, 2.75) is 6.92 Å². The van der Waals surface area contributed by atoms with Crippen LogP contribution in [-0.2, 0) is 0 Å². The number of halogens is 3. The normalized spacial score (nSPS) is 10.3. The first kappa shape index (κ1) is 14.3. The number of benzene rings is 2. The molecule has 0 aliphatic heterocycles. The second-order valence-corrected chi connectivity index (χ2v) is 5.58. The van der Waals surface area contributed by atoms with Gasteiger partial charge in [0.1, 0.15) is 5.82 Å². The monoisotopic (exact) mass is 389 g/mol. The molecule has 0 unspecified atom stereocenters. The van der Waals surface area contributed by atoms with Gasteiger partial charge in [0, 0.05) is 9.26 Å². The molecule has 0 aliphatic carbocycles. The van der Waals surface area contributed by atoms with E-state index in [1.165, 1.54) is 18.2 Å². The minimum Gasteiger partial charge on any atom is -0.322 e. The van der Waals surface area contributed by atoms with Crippen molar-refractivity contribution in [2.75, 3.05) is 5.32 Å². The Hall–Kier alpha value is -1.14. The lowest BCUT2D eigenvalue weighted by atomic mass is 10.2. The van der Waals surface area contributed by atoms with Crippen LogP contribution >= 0.6 is 34.2 Å². The van der Waals surface area contributed by atoms with Crippen LogP contribution in [0.5, 0.6) is 0 Å². The highest BCUT2D eigenvalue weighted by Crippen LogP contribution is 2.22. The minimum absolute atomic E-state index is 0.0966. The van der Waals surface area contributed by atoms with Crippen LogP contribution in [-0.4, -0.2) is 5.91 Å². The molecule has 0 bridgehead atoms. The predicted molar refractivity (Wildman–Crippen MR) is 83.3 cm³/mol. The molecular weight excluding hydrogens is 380 g/mol. The third-order valence-electron chi connectivity index (χ3n) is 2.62. The molecule has 1 amide bonds. The number of aryl methyl sites for hydroxylation is 1. The van der Waals surface area contributed by atoms with E-state index in [0.29, 0.717) is 5.69 Å². The third kappa shape index (κ3) is 3.25. The van der Waals surface area contributed by atoms with E-state index in [-0.39, 0.29) is 10.6 Å². The summed E-state index contributed by atoms with van der Waals surface area (Å²) in [7, 11) is 0. The molecular formula is C14H10ClFINO. The second kappa shape index (κ2) is 5.88. The zero-order valence-electron chi connectivity index (χ0n) is 10.0. The topological polar surface area (TPSA) is 29.1 Å². The first-order valence-electron chi connectivity index (χ1n) is 5.50. The van der Waals surface area contributed by atoms with Crippen molar-refractivity contribution >= 4 is 45.8 Å². The summed E-state index contributed by atoms with van der Waals surface area (Å²) in [5.41, 5.74) is 1.58. The van der Waals surface area contributed by atoms with Gasteiger partial charge in [-0.3, -0.25) is 4.79 Å². The van der Waals surface area contributed by atoms with E-state index in [9.17, 15) is 9.18 Å². The molecule has 1 N–H and O–H groups in total. The molecule has 5 heteroatoms. The van der Waals surface area contributed by atoms with Gasteiger partial charge in [0.05, 0.1) is 10.6 Å². The zero-order chi connectivity index (χ0) is 14.0. The molecule has 98 valence electrons. The lowest BCUT2D eigenvalue weighted by Gasteiger charge is -2.09. The quantitative estimate of drug-likeness (QED) is 0.745. The van der Waals surface area contributed by atoms with Crippen LogP contribution in [0.15, 0.2) is 36.4 Å². The number of anilines is 1. The van der Waals surface area contributed by atoms with Crippen LogP contribution in [0.25, 0.3) is 0 Å². The summed E-state index contributed by atoms with van der Waals surface area (Å²) < 4.78 is 14.6. The first-order valence-corrected chi connectivity index (χ1v) is 6.96. The van der Waals surface area contributed by atoms with Crippen LogP contribution in [0.3, 0.4) is 0 Å². The van der Waals surface area contributed by atoms with Gasteiger partial charge in [0.15, 0.2) is 0 Å². The highest BCUT2D eigenvalue weighted by molar-refractivity contribution is 14.1. The Kier molecular flexibility index (Phi) is 4.42. The Morgan fingerprint density at radius 2 is 2.05 bits per heavy atom. The van der Waals surface area contributed by atoms with Crippen molar-refractivity contribution in [1.82, 2.24) is 0 Å². The number of hydrogen-bond donors (Lipinski definition) is 1. The fourth-order valence-electron chi connectivity index (χ4n) is 1.58. The SMILES string of the molecule is Cc1ccc(NC(=O)c2c(F)cccc2Cl)cc1I. The van der Waals surface area contributed by atoms with Crippen molar-refractivity contribution in [1.29, 1.82) is 0 Å². The maximum absolute atomic E-state index is 13.6. The summed E-state index contributed by atoms with van der Waals surface area (Å²) in [4.78, 5) is 12.0. The van der Waals surface area contributed by atoms with Crippen LogP contribution < -0.4 is 5.32 Å². The van der Waals surface area contributed by atoms with Gasteiger partial charge in [-0.05, 0) is 59.3 Å². The molecule has 0 aliphatic rings. The third-order valence-corrected chi connectivity index (χ3v) is 4.10. The summed E-state index contributed by atoms with van der Waals surface area (Å²) in [6.45, 7) is 1.97. The number of amides is 1. The average molecular weight is 390 g/mol. The number of carbonyl (C=O) groups is 1. The predicted octanol–water partition coefficient (Wildman–Crippen LogP) is 4.64. The molecule has 2 aromatic rings. The van der Waals surface area contributed by atoms with Crippen molar-refractivity contribution in [2.24, 2.45) is 0 Å². The number of rotatable bonds is 2. The van der Waals surface area contributed by atoms with Crippen molar-refractivity contribution in [3.05, 3.63) is 61.9 Å². The van der Waals surface area contributed by atoms with E-state index in [4.69, 9.17) is 11.6 Å². The molecule has 2 rings (SSSR count). The lowest BCUT2D eigenvalue weighted by molar-refractivity contribution is 0.102. The zero-order valence-corrected chi connectivity index (χ0v) is 12.9. The molecule has 2 aromatic carbocycles. The molecule has 0 radical (unpaired) electrons. The maximum atomic E-state index is 13.6. The molecule has 0 heterocycles. The van der Waals surface area contributed by atoms with E-state index in [1.54, 1.807) is 6.07 Å². The van der Waals surface area contributed by atoms with Crippen LogP contribution in [0.1, 0.15) is 15.9 Å². The van der Waals surface area contributed by atoms with Crippen LogP contribution in [0.4, 0.5) is 10.1 Å². The average Bonchev–Trinajstić information content (AvgIpc) is 2.33. The van der Waals surface area contributed by atoms with Gasteiger partial charge >= 0.3 is 0 Å². The second-order valence-electron chi connectivity index (χ2n) is 4.01. The Bertz CT molecular complexity index is 625. The van der Waals surface area contributed by atoms with E-state index in [1.807, 2.05) is 19.1 Å². The van der Waals surface area contributed by atoms with Crippen molar-refractivity contribution < 1.29 is 9.18 Å². The first-order chi connectivity index (χ1) is 8.99. The Balaban J connectivity index is 2.28. The Morgan fingerprint density at radius 3 is 2.68 bits per heavy atom. The van der Waals surface area contributed by atoms with E-state index in [0.717, 1.165) is 9.13 Å². The summed E-state index contributed by atoms with van der Waals surface area (Å²) in [6, 6.07) is 9.63. The summed E-state index contributed by atoms with van der Waals surface area (Å²) in [5, 5.41) is 2.74. The van der Waals surface area contributed by atoms with E-state index >= 15 is 0 Å². The van der Waals surface area contributed by atoms with E-state index < -0.39 is 11.7 Å². The standard InChI is InChI=1S/C14H10ClFINO/c1-8-5-6-9(7-12(8)17)18-14(19)13-10(15)3-2-4-11(13)16/h2-7H,1H3,(H,18,19). The highest BCUT2D eigenvalue weighted by Gasteiger charge is 2.15. The fraction of sp³-hybridized carbons (Fsp3) is 0.0714. The molecule has 0 saturated heterocycles. The summed E-state index contributed by atoms with van der Waals surface area (Å²) in [5.74, 6) is -1.19. The molecule has 0 atom stereocenters. The minimum atomic E-state index is -0.633. The maximum Gasteiger partial charge on any atom is 0.260 e. The van der Waals surface area contributed by atoms with Crippen LogP contribution in [0.2, 0.25) is 5.02 Å². The van der Waals surface area contributed by atoms with Crippen LogP contribution in [0, 0.1) is 16.3 Å². The van der Waals surface area contributed by atoms with Gasteiger partial charge in [-0.25, -0.2) is 4.39 Å². The molecule has 0 spiro atoms. The lowest BCUT2D eigenvalue weighted by Crippen LogP contribution is -2.14. The van der Waals surface area contributed by atoms with Gasteiger partial charge in [0.25, 0.3) is 5.91 Å². The number of nitrogens with one attached hydrogen (secondary N) is 1. The molecule has 0 saturated carbocycles. The Labute approximate surface area is 129 Å². The number of hydrogen-bond acceptors (Lipinski definition) is 1. The molecule has 0 fully saturated rings. The smallest absolute Gasteiger partial charge is 0.260 e. The summed E-state index contributed by atoms with van der Waals surface area (Å²) in [6.07, 6.45) is 0. The van der Waals surface area contributed by atoms with Crippen molar-refractivity contribution in [3.8, 4) is 0 Å². The molecule has 19 heavy (non-hydrogen) atoms. The number of carbonyl (C=O) groups excluding carboxylic acids is 1.